The van der Waals surface area contributed by atoms with Crippen LogP contribution < -0.4 is 5.73 Å². The van der Waals surface area contributed by atoms with Crippen molar-refractivity contribution in [3.63, 3.8) is 0 Å². The van der Waals surface area contributed by atoms with Crippen LogP contribution >= 0.6 is 0 Å². The molecule has 0 saturated carbocycles. The fraction of sp³-hybridized carbons (Fsp3) is 0.333. The molecule has 2 N–H and O–H groups in total. The van der Waals surface area contributed by atoms with E-state index in [1.165, 1.54) is 0 Å². The second-order valence-electron chi connectivity index (χ2n) is 1.14. The molecule has 1 atom stereocenters. The summed E-state index contributed by atoms with van der Waals surface area (Å²) >= 11 is 0. The van der Waals surface area contributed by atoms with Gasteiger partial charge in [0.2, 0.25) is 0 Å². The zero-order valence-electron chi connectivity index (χ0n) is 3.50. The first kappa shape index (κ1) is 4.26. The number of aliphatic imine (C=N–C) groups is 1. The third-order valence-corrected chi connectivity index (χ3v) is 0.632. The van der Waals surface area contributed by atoms with E-state index in [4.69, 9.17) is 5.73 Å². The van der Waals surface area contributed by atoms with Crippen molar-refractivity contribution in [1.82, 2.24) is 0 Å². The van der Waals surface area contributed by atoms with Gasteiger partial charge in [-0.3, -0.25) is 0 Å². The Morgan fingerprint density at radius 1 is 2.00 bits per heavy atom. The molecule has 1 aliphatic heterocycles. The first-order valence-corrected chi connectivity index (χ1v) is 1.78. The van der Waals surface area contributed by atoms with Gasteiger partial charge < -0.3 is 10.5 Å². The van der Waals surface area contributed by atoms with Gasteiger partial charge in [0.25, 0.3) is 0 Å². The second kappa shape index (κ2) is 1.31. The Balaban J connectivity index is 2.62. The van der Waals surface area contributed by atoms with Crippen LogP contribution in [0.4, 0.5) is 0 Å². The lowest BCUT2D eigenvalue weighted by molar-refractivity contribution is -0.134. The molecule has 4 heteroatoms. The number of carbonyl (C=O) groups excluding carboxylic acids is 1. The normalized spacial score (nSPS) is 28.1. The van der Waals surface area contributed by atoms with E-state index in [0.717, 1.165) is 6.40 Å². The van der Waals surface area contributed by atoms with Gasteiger partial charge in [-0.25, -0.2) is 9.79 Å². The van der Waals surface area contributed by atoms with Crippen LogP contribution in [0, 0.1) is 0 Å². The molecule has 1 aliphatic rings. The predicted octanol–water partition coefficient (Wildman–Crippen LogP) is -1.14. The highest BCUT2D eigenvalue weighted by Gasteiger charge is 2.16. The number of rotatable bonds is 0. The quantitative estimate of drug-likeness (QED) is 0.391. The molecule has 0 spiro atoms. The fourth-order valence-electron chi connectivity index (χ4n) is 0.279. The zero-order chi connectivity index (χ0) is 5.28. The molecule has 0 radical (unpaired) electrons. The lowest BCUT2D eigenvalue weighted by Gasteiger charge is -1.87. The molecule has 0 aromatic rings. The Kier molecular flexibility index (Phi) is 0.796. The van der Waals surface area contributed by atoms with E-state index < -0.39 is 12.1 Å². The number of esters is 1. The van der Waals surface area contributed by atoms with E-state index in [9.17, 15) is 4.79 Å². The molecule has 4 nitrogen and oxygen atoms in total. The minimum absolute atomic E-state index is 0.486. The van der Waals surface area contributed by atoms with Gasteiger partial charge in [-0.05, 0) is 0 Å². The maximum absolute atomic E-state index is 10.1. The van der Waals surface area contributed by atoms with Gasteiger partial charge in [0.15, 0.2) is 12.6 Å². The topological polar surface area (TPSA) is 64.7 Å². The van der Waals surface area contributed by atoms with Gasteiger partial charge >= 0.3 is 5.97 Å². The Bertz CT molecular complexity index is 120. The van der Waals surface area contributed by atoms with Crippen molar-refractivity contribution in [3.05, 3.63) is 0 Å². The number of hydrogen-bond donors (Lipinski definition) is 1. The molecule has 7 heavy (non-hydrogen) atoms. The van der Waals surface area contributed by atoms with Crippen molar-refractivity contribution in [2.75, 3.05) is 0 Å². The molecule has 0 aliphatic carbocycles. The van der Waals surface area contributed by atoms with Crippen LogP contribution in [-0.2, 0) is 9.53 Å². The van der Waals surface area contributed by atoms with Crippen molar-refractivity contribution in [1.29, 1.82) is 0 Å². The molecule has 1 heterocycles. The maximum atomic E-state index is 10.1. The second-order valence-corrected chi connectivity index (χ2v) is 1.14. The first-order chi connectivity index (χ1) is 3.30. The molecule has 0 saturated heterocycles. The smallest absolute Gasteiger partial charge is 0.351 e. The molecule has 1 unspecified atom stereocenters. The van der Waals surface area contributed by atoms with E-state index in [1.807, 2.05) is 0 Å². The summed E-state index contributed by atoms with van der Waals surface area (Å²) in [6, 6.07) is 0. The highest BCUT2D eigenvalue weighted by molar-refractivity contribution is 5.87. The van der Waals surface area contributed by atoms with Crippen molar-refractivity contribution >= 4 is 12.4 Å². The SMILES string of the molecule is NC1N=COC1=O. The third-order valence-electron chi connectivity index (χ3n) is 0.632. The standard InChI is InChI=1S/C3H4N2O2/c4-2-3(6)7-1-5-2/h1-2H,4H2. The van der Waals surface area contributed by atoms with Gasteiger partial charge in [-0.1, -0.05) is 0 Å². The molecule has 1 rings (SSSR count). The number of carbonyl (C=O) groups is 1. The molecule has 38 valence electrons. The van der Waals surface area contributed by atoms with Crippen molar-refractivity contribution in [3.8, 4) is 0 Å². The maximum Gasteiger partial charge on any atom is 0.351 e. The summed E-state index contributed by atoms with van der Waals surface area (Å²) in [7, 11) is 0. The summed E-state index contributed by atoms with van der Waals surface area (Å²) in [5.41, 5.74) is 5.01. The van der Waals surface area contributed by atoms with Crippen LogP contribution in [-0.4, -0.2) is 18.5 Å². The van der Waals surface area contributed by atoms with Gasteiger partial charge in [0.05, 0.1) is 0 Å². The van der Waals surface area contributed by atoms with E-state index >= 15 is 0 Å². The minimum atomic E-state index is -0.778. The summed E-state index contributed by atoms with van der Waals surface area (Å²) in [6.07, 6.45) is 0.271. The monoisotopic (exact) mass is 100 g/mol. The average molecular weight is 100 g/mol. The Morgan fingerprint density at radius 2 is 2.71 bits per heavy atom. The van der Waals surface area contributed by atoms with Crippen LogP contribution in [0.5, 0.6) is 0 Å². The summed E-state index contributed by atoms with van der Waals surface area (Å²) in [4.78, 5) is 13.5. The molecule has 0 amide bonds. The highest BCUT2D eigenvalue weighted by atomic mass is 16.5. The summed E-state index contributed by atoms with van der Waals surface area (Å²) < 4.78 is 4.21. The van der Waals surface area contributed by atoms with Crippen LogP contribution in [0.1, 0.15) is 0 Å². The van der Waals surface area contributed by atoms with E-state index in [0.29, 0.717) is 0 Å². The van der Waals surface area contributed by atoms with Gasteiger partial charge in [0.1, 0.15) is 0 Å². The largest absolute Gasteiger partial charge is 0.412 e. The number of cyclic esters (lactones) is 1. The molecule has 0 bridgehead atoms. The van der Waals surface area contributed by atoms with Crippen LogP contribution in [0.25, 0.3) is 0 Å². The van der Waals surface area contributed by atoms with Gasteiger partial charge in [0, 0.05) is 0 Å². The van der Waals surface area contributed by atoms with Gasteiger partial charge in [-0.2, -0.15) is 0 Å². The molecular formula is C3H4N2O2. The Morgan fingerprint density at radius 3 is 2.86 bits per heavy atom. The lowest BCUT2D eigenvalue weighted by Crippen LogP contribution is -2.24. The van der Waals surface area contributed by atoms with Crippen LogP contribution in [0.15, 0.2) is 4.99 Å². The van der Waals surface area contributed by atoms with E-state index in [-0.39, 0.29) is 0 Å². The van der Waals surface area contributed by atoms with Crippen molar-refractivity contribution in [2.24, 2.45) is 10.7 Å². The highest BCUT2D eigenvalue weighted by Crippen LogP contribution is 1.91. The molecule has 0 fully saturated rings. The Hall–Kier alpha value is -0.900. The number of ether oxygens (including phenoxy) is 1. The molecular weight excluding hydrogens is 96.0 g/mol. The van der Waals surface area contributed by atoms with E-state index in [1.54, 1.807) is 0 Å². The van der Waals surface area contributed by atoms with E-state index in [2.05, 4.69) is 9.73 Å². The van der Waals surface area contributed by atoms with Crippen LogP contribution in [0.3, 0.4) is 0 Å². The predicted molar refractivity (Wildman–Crippen MR) is 22.6 cm³/mol. The number of hydrogen-bond acceptors (Lipinski definition) is 4. The first-order valence-electron chi connectivity index (χ1n) is 1.78. The number of nitrogens with zero attached hydrogens (tertiary/aromatic N) is 1. The lowest BCUT2D eigenvalue weighted by atomic mass is 10.6. The van der Waals surface area contributed by atoms with Crippen LogP contribution in [0.2, 0.25) is 0 Å². The zero-order valence-corrected chi connectivity index (χ0v) is 3.50. The van der Waals surface area contributed by atoms with Gasteiger partial charge in [-0.15, -0.1) is 0 Å². The molecule has 0 aromatic heterocycles. The summed E-state index contributed by atoms with van der Waals surface area (Å²) in [6.45, 7) is 0. The fourth-order valence-corrected chi connectivity index (χ4v) is 0.279. The van der Waals surface area contributed by atoms with Crippen molar-refractivity contribution < 1.29 is 9.53 Å². The average Bonchev–Trinajstić information content (AvgIpc) is 1.91. The summed E-state index contributed by atoms with van der Waals surface area (Å²) in [5.74, 6) is -0.486. The summed E-state index contributed by atoms with van der Waals surface area (Å²) in [5, 5.41) is 0. The third kappa shape index (κ3) is 0.592. The van der Waals surface area contributed by atoms with Crippen molar-refractivity contribution in [2.45, 2.75) is 6.17 Å². The minimum Gasteiger partial charge on any atom is -0.412 e. The molecule has 0 aromatic carbocycles. The Labute approximate surface area is 40.0 Å². The number of nitrogens with two attached hydrogens (primary N) is 1.